The predicted molar refractivity (Wildman–Crippen MR) is 51.9 cm³/mol. The summed E-state index contributed by atoms with van der Waals surface area (Å²) in [4.78, 5) is 17.0. The van der Waals surface area contributed by atoms with Crippen LogP contribution in [-0.4, -0.2) is 30.0 Å². The molecule has 0 spiro atoms. The molecule has 1 aromatic rings. The molecule has 13 heavy (non-hydrogen) atoms. The molecule has 0 saturated heterocycles. The van der Waals surface area contributed by atoms with Crippen molar-refractivity contribution in [1.82, 2.24) is 15.3 Å². The van der Waals surface area contributed by atoms with Gasteiger partial charge in [-0.15, -0.1) is 0 Å². The highest BCUT2D eigenvalue weighted by Gasteiger charge is 1.72. The van der Waals surface area contributed by atoms with E-state index in [4.69, 9.17) is 0 Å². The van der Waals surface area contributed by atoms with E-state index < -0.39 is 0 Å². The summed E-state index contributed by atoms with van der Waals surface area (Å²) in [5, 5.41) is 2.39. The molecule has 5 nitrogen and oxygen atoms in total. The Balaban J connectivity index is 0. The molecule has 5 heteroatoms. The molecule has 0 saturated carbocycles. The van der Waals surface area contributed by atoms with Crippen LogP contribution in [0.2, 0.25) is 0 Å². The molecule has 74 valence electrons. The Bertz CT molecular complexity index is 164. The zero-order valence-electron chi connectivity index (χ0n) is 8.19. The van der Waals surface area contributed by atoms with E-state index in [1.165, 1.54) is 20.3 Å². The number of amides is 1. The summed E-state index contributed by atoms with van der Waals surface area (Å²) < 4.78 is 0. The number of carbonyl (C=O) groups excluding carboxylic acids is 1. The van der Waals surface area contributed by atoms with Crippen LogP contribution in [0.4, 0.5) is 0 Å². The number of hydrogen-bond donors (Lipinski definition) is 2. The molecule has 0 aliphatic carbocycles. The lowest BCUT2D eigenvalue weighted by Crippen LogP contribution is -2.11. The largest absolute Gasteiger partial charge is 0.359 e. The summed E-state index contributed by atoms with van der Waals surface area (Å²) in [6.07, 6.45) is 4.88. The van der Waals surface area contributed by atoms with Gasteiger partial charge in [0, 0.05) is 26.4 Å². The van der Waals surface area contributed by atoms with Gasteiger partial charge in [-0.2, -0.15) is 0 Å². The molecular formula is C8H16N4O. The van der Waals surface area contributed by atoms with E-state index in [2.05, 4.69) is 21.0 Å². The lowest BCUT2D eigenvalue weighted by Gasteiger charge is -1.80. The lowest BCUT2D eigenvalue weighted by molar-refractivity contribution is -0.118. The third kappa shape index (κ3) is 18.0. The molecule has 0 bridgehead atoms. The Kier molecular flexibility index (Phi) is 14.2. The van der Waals surface area contributed by atoms with E-state index in [0.717, 1.165) is 0 Å². The Morgan fingerprint density at radius 2 is 1.69 bits per heavy atom. The topological polar surface area (TPSA) is 80.9 Å². The highest BCUT2D eigenvalue weighted by molar-refractivity contribution is 5.72. The van der Waals surface area contributed by atoms with Crippen LogP contribution in [0.25, 0.3) is 0 Å². The standard InChI is InChI=1S/C4H4N2.C3H7NO.CH5N/c1-2-5-4-6-3-1;1-3(5)4-2;1-2/h1-4H;1-2H3,(H,4,5);2H2,1H3. The van der Waals surface area contributed by atoms with E-state index in [0.29, 0.717) is 0 Å². The van der Waals surface area contributed by atoms with Crippen LogP contribution in [0, 0.1) is 0 Å². The van der Waals surface area contributed by atoms with E-state index in [-0.39, 0.29) is 5.91 Å². The van der Waals surface area contributed by atoms with Crippen LogP contribution >= 0.6 is 0 Å². The first-order chi connectivity index (χ1) is 6.27. The third-order valence-corrected chi connectivity index (χ3v) is 0.830. The normalized spacial score (nSPS) is 6.77. The molecule has 0 atom stereocenters. The maximum absolute atomic E-state index is 9.70. The first-order valence-electron chi connectivity index (χ1n) is 3.73. The van der Waals surface area contributed by atoms with Crippen molar-refractivity contribution in [3.05, 3.63) is 24.8 Å². The third-order valence-electron chi connectivity index (χ3n) is 0.830. The summed E-state index contributed by atoms with van der Waals surface area (Å²) in [7, 11) is 3.10. The van der Waals surface area contributed by atoms with Gasteiger partial charge in [0.1, 0.15) is 6.33 Å². The van der Waals surface area contributed by atoms with Crippen LogP contribution in [-0.2, 0) is 4.79 Å². The molecule has 0 unspecified atom stereocenters. The SMILES string of the molecule is CN.CNC(C)=O.c1cncnc1. The smallest absolute Gasteiger partial charge is 0.216 e. The monoisotopic (exact) mass is 184 g/mol. The van der Waals surface area contributed by atoms with Crippen molar-refractivity contribution in [1.29, 1.82) is 0 Å². The van der Waals surface area contributed by atoms with Gasteiger partial charge in [0.05, 0.1) is 0 Å². The molecular weight excluding hydrogens is 168 g/mol. The van der Waals surface area contributed by atoms with Crippen molar-refractivity contribution in [2.24, 2.45) is 5.73 Å². The molecule has 1 aromatic heterocycles. The van der Waals surface area contributed by atoms with Gasteiger partial charge in [-0.05, 0) is 13.1 Å². The Hall–Kier alpha value is -1.49. The number of aromatic nitrogens is 2. The molecule has 0 aromatic carbocycles. The molecule has 1 rings (SSSR count). The van der Waals surface area contributed by atoms with Crippen LogP contribution in [0.15, 0.2) is 24.8 Å². The minimum absolute atomic E-state index is 0.00463. The van der Waals surface area contributed by atoms with Gasteiger partial charge in [0.15, 0.2) is 0 Å². The van der Waals surface area contributed by atoms with Crippen molar-refractivity contribution in [3.63, 3.8) is 0 Å². The van der Waals surface area contributed by atoms with Crippen molar-refractivity contribution >= 4 is 5.91 Å². The lowest BCUT2D eigenvalue weighted by atomic mass is 10.7. The molecule has 0 radical (unpaired) electrons. The molecule has 3 N–H and O–H groups in total. The second-order valence-electron chi connectivity index (χ2n) is 1.71. The highest BCUT2D eigenvalue weighted by Crippen LogP contribution is 1.66. The van der Waals surface area contributed by atoms with Crippen molar-refractivity contribution in [2.45, 2.75) is 6.92 Å². The minimum Gasteiger partial charge on any atom is -0.359 e. The number of nitrogens with one attached hydrogen (secondary N) is 1. The summed E-state index contributed by atoms with van der Waals surface area (Å²) >= 11 is 0. The quantitative estimate of drug-likeness (QED) is 0.585. The minimum atomic E-state index is 0.00463. The van der Waals surface area contributed by atoms with Crippen LogP contribution in [0.5, 0.6) is 0 Å². The van der Waals surface area contributed by atoms with Crippen molar-refractivity contribution < 1.29 is 4.79 Å². The zero-order chi connectivity index (χ0) is 10.5. The second kappa shape index (κ2) is 13.1. The molecule has 1 amide bonds. The van der Waals surface area contributed by atoms with Gasteiger partial charge in [-0.25, -0.2) is 9.97 Å². The van der Waals surface area contributed by atoms with Crippen molar-refractivity contribution in [2.75, 3.05) is 14.1 Å². The first-order valence-corrected chi connectivity index (χ1v) is 3.73. The van der Waals surface area contributed by atoms with E-state index >= 15 is 0 Å². The second-order valence-corrected chi connectivity index (χ2v) is 1.71. The van der Waals surface area contributed by atoms with Crippen molar-refractivity contribution in [3.8, 4) is 0 Å². The van der Waals surface area contributed by atoms with E-state index in [1.807, 2.05) is 0 Å². The average molecular weight is 184 g/mol. The van der Waals surface area contributed by atoms with Gasteiger partial charge in [-0.3, -0.25) is 4.79 Å². The maximum atomic E-state index is 9.70. The predicted octanol–water partition coefficient (Wildman–Crippen LogP) is -0.196. The summed E-state index contributed by atoms with van der Waals surface area (Å²) in [6.45, 7) is 1.47. The fourth-order valence-corrected chi connectivity index (χ4v) is 0.253. The number of rotatable bonds is 0. The summed E-state index contributed by atoms with van der Waals surface area (Å²) in [6, 6.07) is 1.78. The van der Waals surface area contributed by atoms with Gasteiger partial charge in [0.2, 0.25) is 5.91 Å². The van der Waals surface area contributed by atoms with Gasteiger partial charge < -0.3 is 11.1 Å². The highest BCUT2D eigenvalue weighted by atomic mass is 16.1. The van der Waals surface area contributed by atoms with E-state index in [9.17, 15) is 4.79 Å². The van der Waals surface area contributed by atoms with Gasteiger partial charge in [-0.1, -0.05) is 0 Å². The van der Waals surface area contributed by atoms with Crippen LogP contribution in [0.1, 0.15) is 6.92 Å². The Labute approximate surface area is 78.4 Å². The molecule has 0 aliphatic heterocycles. The van der Waals surface area contributed by atoms with Gasteiger partial charge in [0.25, 0.3) is 0 Å². The molecule has 1 heterocycles. The number of nitrogens with zero attached hydrogens (tertiary/aromatic N) is 2. The van der Waals surface area contributed by atoms with Crippen LogP contribution < -0.4 is 11.1 Å². The Morgan fingerprint density at radius 1 is 1.31 bits per heavy atom. The summed E-state index contributed by atoms with van der Waals surface area (Å²) in [5.74, 6) is 0.00463. The zero-order valence-corrected chi connectivity index (χ0v) is 8.19. The number of carbonyl (C=O) groups is 1. The van der Waals surface area contributed by atoms with E-state index in [1.54, 1.807) is 25.5 Å². The number of nitrogens with two attached hydrogens (primary N) is 1. The van der Waals surface area contributed by atoms with Gasteiger partial charge >= 0.3 is 0 Å². The Morgan fingerprint density at radius 3 is 1.77 bits per heavy atom. The maximum Gasteiger partial charge on any atom is 0.216 e. The van der Waals surface area contributed by atoms with Crippen LogP contribution in [0.3, 0.4) is 0 Å². The molecule has 0 fully saturated rings. The average Bonchev–Trinajstić information content (AvgIpc) is 2.24. The summed E-state index contributed by atoms with van der Waals surface area (Å²) in [5.41, 5.74) is 4.50. The number of hydrogen-bond acceptors (Lipinski definition) is 4. The first kappa shape index (κ1) is 14.1. The fourth-order valence-electron chi connectivity index (χ4n) is 0.253. The molecule has 0 aliphatic rings. The fraction of sp³-hybridized carbons (Fsp3) is 0.375.